The number of hydrogen-bond donors (Lipinski definition) is 1. The van der Waals surface area contributed by atoms with Gasteiger partial charge in [0.05, 0.1) is 6.10 Å². The molecule has 15 heavy (non-hydrogen) atoms. The first-order valence-corrected chi connectivity index (χ1v) is 6.31. The average molecular weight is 213 g/mol. The van der Waals surface area contributed by atoms with Gasteiger partial charge >= 0.3 is 0 Å². The summed E-state index contributed by atoms with van der Waals surface area (Å²) >= 11 is 0. The van der Waals surface area contributed by atoms with Gasteiger partial charge in [0.2, 0.25) is 0 Å². The summed E-state index contributed by atoms with van der Waals surface area (Å²) in [6.07, 6.45) is 2.83. The largest absolute Gasteiger partial charge is 0.378 e. The predicted octanol–water partition coefficient (Wildman–Crippen LogP) is 2.83. The molecule has 0 radical (unpaired) electrons. The van der Waals surface area contributed by atoms with E-state index in [0.717, 1.165) is 13.2 Å². The fraction of sp³-hybridized carbons (Fsp3) is 1.00. The second-order valence-electron chi connectivity index (χ2n) is 5.83. The van der Waals surface area contributed by atoms with E-state index in [2.05, 4.69) is 39.9 Å². The van der Waals surface area contributed by atoms with Crippen molar-refractivity contribution in [1.82, 2.24) is 5.32 Å². The summed E-state index contributed by atoms with van der Waals surface area (Å²) in [5.41, 5.74) is 0.321. The van der Waals surface area contributed by atoms with Crippen LogP contribution in [0.1, 0.15) is 47.5 Å². The van der Waals surface area contributed by atoms with Gasteiger partial charge in [-0.3, -0.25) is 0 Å². The molecule has 1 rings (SSSR count). The molecule has 1 saturated heterocycles. The molecule has 3 atom stereocenters. The van der Waals surface area contributed by atoms with E-state index in [1.54, 1.807) is 0 Å². The van der Waals surface area contributed by atoms with Crippen LogP contribution in [0.4, 0.5) is 0 Å². The van der Waals surface area contributed by atoms with Gasteiger partial charge in [-0.2, -0.15) is 0 Å². The Hall–Kier alpha value is -0.0800. The maximum Gasteiger partial charge on any atom is 0.0591 e. The number of ether oxygens (including phenoxy) is 1. The van der Waals surface area contributed by atoms with Crippen LogP contribution in [0.3, 0.4) is 0 Å². The molecular weight excluding hydrogens is 186 g/mol. The van der Waals surface area contributed by atoms with Crippen molar-refractivity contribution in [2.75, 3.05) is 13.2 Å². The number of hydrogen-bond acceptors (Lipinski definition) is 2. The zero-order valence-corrected chi connectivity index (χ0v) is 11.0. The molecule has 90 valence electrons. The van der Waals surface area contributed by atoms with Gasteiger partial charge in [0.25, 0.3) is 0 Å². The Kier molecular flexibility index (Phi) is 4.60. The quantitative estimate of drug-likeness (QED) is 0.775. The van der Waals surface area contributed by atoms with Crippen molar-refractivity contribution in [3.63, 3.8) is 0 Å². The third-order valence-electron chi connectivity index (χ3n) is 3.41. The molecular formula is C13H27NO. The van der Waals surface area contributed by atoms with Gasteiger partial charge in [-0.05, 0) is 31.7 Å². The molecule has 1 N–H and O–H groups in total. The van der Waals surface area contributed by atoms with E-state index in [-0.39, 0.29) is 0 Å². The van der Waals surface area contributed by atoms with Crippen LogP contribution in [0.5, 0.6) is 0 Å². The standard InChI is InChI=1S/C13H27NO/c1-6-8-14-12(13(3,4)5)11-7-9-15-10(11)2/h10-12,14H,6-9H2,1-5H3. The van der Waals surface area contributed by atoms with Gasteiger partial charge in [-0.15, -0.1) is 0 Å². The Morgan fingerprint density at radius 1 is 1.40 bits per heavy atom. The SMILES string of the molecule is CCCNC(C1CCOC1C)C(C)(C)C. The Morgan fingerprint density at radius 3 is 2.47 bits per heavy atom. The van der Waals surface area contributed by atoms with Crippen LogP contribution in [0.2, 0.25) is 0 Å². The van der Waals surface area contributed by atoms with Crippen LogP contribution in [0.15, 0.2) is 0 Å². The highest BCUT2D eigenvalue weighted by Crippen LogP contribution is 2.33. The zero-order chi connectivity index (χ0) is 11.5. The first kappa shape index (κ1) is 13.0. The van der Waals surface area contributed by atoms with Crippen molar-refractivity contribution in [1.29, 1.82) is 0 Å². The van der Waals surface area contributed by atoms with E-state index in [9.17, 15) is 0 Å². The van der Waals surface area contributed by atoms with E-state index in [4.69, 9.17) is 4.74 Å². The van der Waals surface area contributed by atoms with Crippen LogP contribution in [-0.4, -0.2) is 25.3 Å². The van der Waals surface area contributed by atoms with Gasteiger partial charge in [0.1, 0.15) is 0 Å². The molecule has 0 spiro atoms. The van der Waals surface area contributed by atoms with Crippen molar-refractivity contribution in [3.05, 3.63) is 0 Å². The molecule has 0 aromatic heterocycles. The van der Waals surface area contributed by atoms with Crippen molar-refractivity contribution >= 4 is 0 Å². The zero-order valence-electron chi connectivity index (χ0n) is 11.0. The lowest BCUT2D eigenvalue weighted by molar-refractivity contribution is 0.0754. The maximum absolute atomic E-state index is 5.68. The van der Waals surface area contributed by atoms with Gasteiger partial charge in [0.15, 0.2) is 0 Å². The van der Waals surface area contributed by atoms with Gasteiger partial charge in [0, 0.05) is 18.6 Å². The molecule has 1 aliphatic rings. The summed E-state index contributed by atoms with van der Waals surface area (Å²) in [5, 5.41) is 3.70. The fourth-order valence-electron chi connectivity index (χ4n) is 2.59. The average Bonchev–Trinajstić information content (AvgIpc) is 2.51. The van der Waals surface area contributed by atoms with Crippen LogP contribution in [0, 0.1) is 11.3 Å². The van der Waals surface area contributed by atoms with Crippen LogP contribution >= 0.6 is 0 Å². The molecule has 3 unspecified atom stereocenters. The fourth-order valence-corrected chi connectivity index (χ4v) is 2.59. The maximum atomic E-state index is 5.68. The van der Waals surface area contributed by atoms with E-state index >= 15 is 0 Å². The molecule has 1 fully saturated rings. The molecule has 2 heteroatoms. The summed E-state index contributed by atoms with van der Waals surface area (Å²) in [4.78, 5) is 0. The third-order valence-corrected chi connectivity index (χ3v) is 3.41. The third kappa shape index (κ3) is 3.46. The Morgan fingerprint density at radius 2 is 2.07 bits per heavy atom. The van der Waals surface area contributed by atoms with Crippen LogP contribution < -0.4 is 5.32 Å². The molecule has 1 aliphatic heterocycles. The summed E-state index contributed by atoms with van der Waals surface area (Å²) < 4.78 is 5.68. The predicted molar refractivity (Wildman–Crippen MR) is 65.1 cm³/mol. The summed E-state index contributed by atoms with van der Waals surface area (Å²) in [5.74, 6) is 0.677. The number of rotatable bonds is 4. The normalized spacial score (nSPS) is 29.4. The monoisotopic (exact) mass is 213 g/mol. The Labute approximate surface area is 94.8 Å². The molecule has 0 saturated carbocycles. The molecule has 0 bridgehead atoms. The topological polar surface area (TPSA) is 21.3 Å². The lowest BCUT2D eigenvalue weighted by Crippen LogP contribution is -2.48. The highest BCUT2D eigenvalue weighted by molar-refractivity contribution is 4.91. The molecule has 0 aliphatic carbocycles. The highest BCUT2D eigenvalue weighted by Gasteiger charge is 2.37. The van der Waals surface area contributed by atoms with Crippen molar-refractivity contribution in [3.8, 4) is 0 Å². The van der Waals surface area contributed by atoms with Crippen LogP contribution in [-0.2, 0) is 4.74 Å². The molecule has 1 heterocycles. The van der Waals surface area contributed by atoms with E-state index in [1.165, 1.54) is 12.8 Å². The molecule has 0 amide bonds. The van der Waals surface area contributed by atoms with Crippen LogP contribution in [0.25, 0.3) is 0 Å². The summed E-state index contributed by atoms with van der Waals surface area (Å²) in [6.45, 7) is 13.5. The molecule has 2 nitrogen and oxygen atoms in total. The van der Waals surface area contributed by atoms with Gasteiger partial charge in [-0.25, -0.2) is 0 Å². The number of nitrogens with one attached hydrogen (secondary N) is 1. The minimum absolute atomic E-state index is 0.321. The molecule has 0 aromatic rings. The first-order valence-electron chi connectivity index (χ1n) is 6.31. The summed E-state index contributed by atoms with van der Waals surface area (Å²) in [6, 6.07) is 0.579. The smallest absolute Gasteiger partial charge is 0.0591 e. The van der Waals surface area contributed by atoms with E-state index < -0.39 is 0 Å². The second-order valence-corrected chi connectivity index (χ2v) is 5.83. The van der Waals surface area contributed by atoms with Crippen molar-refractivity contribution < 1.29 is 4.74 Å². The van der Waals surface area contributed by atoms with Gasteiger partial charge < -0.3 is 10.1 Å². The lowest BCUT2D eigenvalue weighted by Gasteiger charge is -2.37. The van der Waals surface area contributed by atoms with Crippen molar-refractivity contribution in [2.45, 2.75) is 59.6 Å². The van der Waals surface area contributed by atoms with E-state index in [0.29, 0.717) is 23.5 Å². The Balaban J connectivity index is 2.62. The minimum atomic E-state index is 0.321. The van der Waals surface area contributed by atoms with E-state index in [1.807, 2.05) is 0 Å². The first-order chi connectivity index (χ1) is 6.96. The minimum Gasteiger partial charge on any atom is -0.378 e. The van der Waals surface area contributed by atoms with Gasteiger partial charge in [-0.1, -0.05) is 27.7 Å². The molecule has 0 aromatic carbocycles. The Bertz CT molecular complexity index is 185. The highest BCUT2D eigenvalue weighted by atomic mass is 16.5. The second kappa shape index (κ2) is 5.31. The van der Waals surface area contributed by atoms with Crippen molar-refractivity contribution in [2.24, 2.45) is 11.3 Å². The lowest BCUT2D eigenvalue weighted by atomic mass is 9.76. The summed E-state index contributed by atoms with van der Waals surface area (Å²) in [7, 11) is 0.